The zero-order valence-corrected chi connectivity index (χ0v) is 9.08. The van der Waals surface area contributed by atoms with Crippen LogP contribution in [-0.4, -0.2) is 50.2 Å². The highest BCUT2D eigenvalue weighted by Gasteiger charge is 2.10. The molecule has 0 atom stereocenters. The van der Waals surface area contributed by atoms with Crippen LogP contribution in [0.15, 0.2) is 0 Å². The molecule has 0 aromatic carbocycles. The lowest BCUT2D eigenvalue weighted by Gasteiger charge is -2.26. The van der Waals surface area contributed by atoms with Gasteiger partial charge in [0.1, 0.15) is 0 Å². The number of carbonyl (C=O) groups is 1. The van der Waals surface area contributed by atoms with Gasteiger partial charge >= 0.3 is 0 Å². The minimum absolute atomic E-state index is 0.0830. The Kier molecular flexibility index (Phi) is 4.90. The summed E-state index contributed by atoms with van der Waals surface area (Å²) in [5.41, 5.74) is 0. The summed E-state index contributed by atoms with van der Waals surface area (Å²) in [5, 5.41) is 2.91. The molecule has 1 rings (SSSR count). The predicted molar refractivity (Wildman–Crippen MR) is 55.1 cm³/mol. The summed E-state index contributed by atoms with van der Waals surface area (Å²) in [6, 6.07) is 0. The molecule has 0 bridgehead atoms. The van der Waals surface area contributed by atoms with Crippen LogP contribution >= 0.6 is 0 Å². The Labute approximate surface area is 85.6 Å². The summed E-state index contributed by atoms with van der Waals surface area (Å²) in [4.78, 5) is 13.5. The Morgan fingerprint density at radius 3 is 2.64 bits per heavy atom. The minimum atomic E-state index is 0.0830. The third-order valence-electron chi connectivity index (χ3n) is 2.36. The Morgan fingerprint density at radius 1 is 1.43 bits per heavy atom. The second kappa shape index (κ2) is 5.98. The van der Waals surface area contributed by atoms with Crippen LogP contribution in [0.25, 0.3) is 0 Å². The zero-order valence-electron chi connectivity index (χ0n) is 9.08. The van der Waals surface area contributed by atoms with Gasteiger partial charge in [0.05, 0.1) is 13.2 Å². The molecule has 1 saturated heterocycles. The summed E-state index contributed by atoms with van der Waals surface area (Å²) in [5.74, 6) is 0.220. The summed E-state index contributed by atoms with van der Waals surface area (Å²) >= 11 is 0. The second-order valence-electron chi connectivity index (χ2n) is 3.90. The third-order valence-corrected chi connectivity index (χ3v) is 2.36. The van der Waals surface area contributed by atoms with Crippen molar-refractivity contribution in [3.05, 3.63) is 0 Å². The van der Waals surface area contributed by atoms with Crippen molar-refractivity contribution in [2.45, 2.75) is 13.8 Å². The van der Waals surface area contributed by atoms with Crippen molar-refractivity contribution in [2.75, 3.05) is 39.4 Å². The first-order valence-electron chi connectivity index (χ1n) is 5.28. The number of rotatable bonds is 4. The lowest BCUT2D eigenvalue weighted by Crippen LogP contribution is -2.42. The molecule has 14 heavy (non-hydrogen) atoms. The van der Waals surface area contributed by atoms with E-state index < -0.39 is 0 Å². The van der Waals surface area contributed by atoms with Gasteiger partial charge in [-0.05, 0) is 0 Å². The van der Waals surface area contributed by atoms with Crippen molar-refractivity contribution < 1.29 is 9.53 Å². The van der Waals surface area contributed by atoms with Crippen molar-refractivity contribution in [1.82, 2.24) is 10.2 Å². The van der Waals surface area contributed by atoms with E-state index in [0.717, 1.165) is 39.4 Å². The molecule has 1 heterocycles. The normalized spacial score (nSPS) is 18.5. The van der Waals surface area contributed by atoms with Gasteiger partial charge in [0.25, 0.3) is 0 Å². The van der Waals surface area contributed by atoms with Crippen LogP contribution in [0.1, 0.15) is 13.8 Å². The largest absolute Gasteiger partial charge is 0.379 e. The molecule has 4 heteroatoms. The standard InChI is InChI=1S/C10H20N2O2/c1-9(2)10(13)11-3-4-12-5-7-14-8-6-12/h9H,3-8H2,1-2H3,(H,11,13). The highest BCUT2D eigenvalue weighted by molar-refractivity contribution is 5.77. The van der Waals surface area contributed by atoms with E-state index in [2.05, 4.69) is 10.2 Å². The molecule has 0 saturated carbocycles. The average Bonchev–Trinajstić information content (AvgIpc) is 2.19. The van der Waals surface area contributed by atoms with Crippen molar-refractivity contribution in [3.8, 4) is 0 Å². The molecule has 0 aliphatic carbocycles. The summed E-state index contributed by atoms with van der Waals surface area (Å²) in [7, 11) is 0. The van der Waals surface area contributed by atoms with E-state index >= 15 is 0 Å². The van der Waals surface area contributed by atoms with E-state index in [-0.39, 0.29) is 11.8 Å². The van der Waals surface area contributed by atoms with E-state index in [9.17, 15) is 4.79 Å². The summed E-state index contributed by atoms with van der Waals surface area (Å²) < 4.78 is 5.24. The van der Waals surface area contributed by atoms with Gasteiger partial charge in [-0.3, -0.25) is 9.69 Å². The molecule has 0 radical (unpaired) electrons. The fourth-order valence-corrected chi connectivity index (χ4v) is 1.37. The Balaban J connectivity index is 2.05. The number of amides is 1. The number of hydrogen-bond acceptors (Lipinski definition) is 3. The molecule has 82 valence electrons. The average molecular weight is 200 g/mol. The summed E-state index contributed by atoms with van der Waals surface area (Å²) in [6.45, 7) is 9.10. The molecular weight excluding hydrogens is 180 g/mol. The molecule has 4 nitrogen and oxygen atoms in total. The van der Waals surface area contributed by atoms with E-state index in [1.807, 2.05) is 13.8 Å². The van der Waals surface area contributed by atoms with Gasteiger partial charge < -0.3 is 10.1 Å². The minimum Gasteiger partial charge on any atom is -0.379 e. The van der Waals surface area contributed by atoms with Crippen LogP contribution in [0.5, 0.6) is 0 Å². The maximum Gasteiger partial charge on any atom is 0.222 e. The van der Waals surface area contributed by atoms with Gasteiger partial charge in [-0.2, -0.15) is 0 Å². The molecule has 0 spiro atoms. The van der Waals surface area contributed by atoms with Crippen molar-refractivity contribution in [1.29, 1.82) is 0 Å². The maximum absolute atomic E-state index is 11.2. The number of hydrogen-bond donors (Lipinski definition) is 1. The first kappa shape index (κ1) is 11.5. The Morgan fingerprint density at radius 2 is 2.07 bits per heavy atom. The third kappa shape index (κ3) is 4.07. The van der Waals surface area contributed by atoms with Crippen LogP contribution in [0.3, 0.4) is 0 Å². The van der Waals surface area contributed by atoms with Gasteiger partial charge in [0.2, 0.25) is 5.91 Å². The van der Waals surface area contributed by atoms with Crippen molar-refractivity contribution in [3.63, 3.8) is 0 Å². The highest BCUT2D eigenvalue weighted by Crippen LogP contribution is 1.95. The van der Waals surface area contributed by atoms with Crippen LogP contribution in [0.2, 0.25) is 0 Å². The zero-order chi connectivity index (χ0) is 10.4. The SMILES string of the molecule is CC(C)C(=O)NCCN1CCOCC1. The van der Waals surface area contributed by atoms with Gasteiger partial charge in [0, 0.05) is 32.1 Å². The van der Waals surface area contributed by atoms with Crippen molar-refractivity contribution in [2.24, 2.45) is 5.92 Å². The number of nitrogens with one attached hydrogen (secondary N) is 1. The lowest BCUT2D eigenvalue weighted by atomic mass is 10.2. The quantitative estimate of drug-likeness (QED) is 0.699. The first-order valence-corrected chi connectivity index (χ1v) is 5.28. The van der Waals surface area contributed by atoms with E-state index in [1.54, 1.807) is 0 Å². The van der Waals surface area contributed by atoms with E-state index in [1.165, 1.54) is 0 Å². The summed E-state index contributed by atoms with van der Waals surface area (Å²) in [6.07, 6.45) is 0. The van der Waals surface area contributed by atoms with Crippen molar-refractivity contribution >= 4 is 5.91 Å². The molecule has 0 unspecified atom stereocenters. The number of carbonyl (C=O) groups excluding carboxylic acids is 1. The van der Waals surface area contributed by atoms with Crippen LogP contribution in [0.4, 0.5) is 0 Å². The number of nitrogens with zero attached hydrogens (tertiary/aromatic N) is 1. The lowest BCUT2D eigenvalue weighted by molar-refractivity contribution is -0.124. The molecule has 0 aromatic rings. The second-order valence-corrected chi connectivity index (χ2v) is 3.90. The Hall–Kier alpha value is -0.610. The first-order chi connectivity index (χ1) is 6.70. The topological polar surface area (TPSA) is 41.6 Å². The van der Waals surface area contributed by atoms with Gasteiger partial charge in [-0.15, -0.1) is 0 Å². The van der Waals surface area contributed by atoms with Crippen LogP contribution < -0.4 is 5.32 Å². The fourth-order valence-electron chi connectivity index (χ4n) is 1.37. The van der Waals surface area contributed by atoms with E-state index in [0.29, 0.717) is 0 Å². The number of ether oxygens (including phenoxy) is 1. The predicted octanol–water partition coefficient (Wildman–Crippen LogP) is 0.0908. The molecular formula is C10H20N2O2. The Bertz CT molecular complexity index is 177. The molecule has 1 N–H and O–H groups in total. The molecule has 1 fully saturated rings. The highest BCUT2D eigenvalue weighted by atomic mass is 16.5. The molecule has 1 aliphatic rings. The van der Waals surface area contributed by atoms with Crippen LogP contribution in [0, 0.1) is 5.92 Å². The molecule has 0 aromatic heterocycles. The smallest absolute Gasteiger partial charge is 0.222 e. The molecule has 1 aliphatic heterocycles. The molecule has 1 amide bonds. The maximum atomic E-state index is 11.2. The van der Waals surface area contributed by atoms with Gasteiger partial charge in [-0.1, -0.05) is 13.8 Å². The van der Waals surface area contributed by atoms with Crippen LogP contribution in [-0.2, 0) is 9.53 Å². The van der Waals surface area contributed by atoms with Gasteiger partial charge in [0.15, 0.2) is 0 Å². The van der Waals surface area contributed by atoms with Gasteiger partial charge in [-0.25, -0.2) is 0 Å². The fraction of sp³-hybridized carbons (Fsp3) is 0.900. The number of morpholine rings is 1. The van der Waals surface area contributed by atoms with E-state index in [4.69, 9.17) is 4.74 Å². The monoisotopic (exact) mass is 200 g/mol.